The first kappa shape index (κ1) is 11.2. The molecule has 0 bridgehead atoms. The first-order chi connectivity index (χ1) is 7.11. The first-order valence-electron chi connectivity index (χ1n) is 4.58. The van der Waals surface area contributed by atoms with Crippen molar-refractivity contribution in [2.24, 2.45) is 0 Å². The van der Waals surface area contributed by atoms with Crippen LogP contribution in [0.1, 0.15) is 12.0 Å². The van der Waals surface area contributed by atoms with Gasteiger partial charge in [0, 0.05) is 6.54 Å². The molecule has 0 aliphatic rings. The summed E-state index contributed by atoms with van der Waals surface area (Å²) >= 11 is 0. The van der Waals surface area contributed by atoms with Crippen LogP contribution in [0, 0.1) is 0 Å². The summed E-state index contributed by atoms with van der Waals surface area (Å²) in [7, 11) is 0. The van der Waals surface area contributed by atoms with Crippen LogP contribution in [0.5, 0.6) is 11.5 Å². The van der Waals surface area contributed by atoms with E-state index >= 15 is 0 Å². The summed E-state index contributed by atoms with van der Waals surface area (Å²) < 4.78 is 0. The quantitative estimate of drug-likeness (QED) is 0.446. The maximum atomic E-state index is 10.1. The van der Waals surface area contributed by atoms with Crippen molar-refractivity contribution in [3.63, 3.8) is 0 Å². The lowest BCUT2D eigenvalue weighted by Crippen LogP contribution is -2.22. The number of carbonyl (C=O) groups is 1. The van der Waals surface area contributed by atoms with Gasteiger partial charge in [-0.15, -0.1) is 0 Å². The molecule has 0 fully saturated rings. The summed E-state index contributed by atoms with van der Waals surface area (Å²) in [4.78, 5) is 10.1. The third-order valence-electron chi connectivity index (χ3n) is 2.00. The summed E-state index contributed by atoms with van der Waals surface area (Å²) in [5.41, 5.74) is 0.613. The number of para-hydroxylation sites is 1. The van der Waals surface area contributed by atoms with Crippen molar-refractivity contribution < 1.29 is 20.1 Å². The number of rotatable bonds is 4. The maximum absolute atomic E-state index is 10.1. The minimum atomic E-state index is -1.06. The molecule has 0 radical (unpaired) electrons. The monoisotopic (exact) mass is 211 g/mol. The lowest BCUT2D eigenvalue weighted by molar-refractivity contribution is 0.194. The Balaban J connectivity index is 2.44. The van der Waals surface area contributed by atoms with Gasteiger partial charge < -0.3 is 20.6 Å². The Kier molecular flexibility index (Phi) is 3.79. The number of aryl methyl sites for hydroxylation is 1. The molecular weight excluding hydrogens is 198 g/mol. The van der Waals surface area contributed by atoms with Gasteiger partial charge in [-0.25, -0.2) is 4.79 Å². The molecule has 0 saturated carbocycles. The molecule has 0 saturated heterocycles. The van der Waals surface area contributed by atoms with Gasteiger partial charge in [-0.1, -0.05) is 12.1 Å². The molecule has 15 heavy (non-hydrogen) atoms. The number of hydrogen-bond donors (Lipinski definition) is 4. The van der Waals surface area contributed by atoms with Gasteiger partial charge in [0.2, 0.25) is 0 Å². The molecule has 82 valence electrons. The van der Waals surface area contributed by atoms with Crippen LogP contribution in [-0.2, 0) is 6.42 Å². The number of benzene rings is 1. The number of amides is 1. The Hall–Kier alpha value is -1.91. The molecule has 1 rings (SSSR count). The highest BCUT2D eigenvalue weighted by molar-refractivity contribution is 5.64. The second kappa shape index (κ2) is 5.09. The molecule has 0 spiro atoms. The van der Waals surface area contributed by atoms with Crippen LogP contribution in [-0.4, -0.2) is 28.0 Å². The van der Waals surface area contributed by atoms with Gasteiger partial charge in [-0.05, 0) is 24.5 Å². The van der Waals surface area contributed by atoms with Gasteiger partial charge in [0.1, 0.15) is 0 Å². The molecule has 0 unspecified atom stereocenters. The van der Waals surface area contributed by atoms with Gasteiger partial charge in [0.15, 0.2) is 11.5 Å². The van der Waals surface area contributed by atoms with Crippen LogP contribution in [0.3, 0.4) is 0 Å². The van der Waals surface area contributed by atoms with E-state index in [1.807, 2.05) is 0 Å². The Morgan fingerprint density at radius 1 is 1.33 bits per heavy atom. The molecule has 1 aromatic rings. The Morgan fingerprint density at radius 3 is 2.73 bits per heavy atom. The van der Waals surface area contributed by atoms with Crippen LogP contribution in [0.4, 0.5) is 4.79 Å². The van der Waals surface area contributed by atoms with Crippen LogP contribution >= 0.6 is 0 Å². The number of hydrogen-bond acceptors (Lipinski definition) is 3. The van der Waals surface area contributed by atoms with E-state index in [0.717, 1.165) is 0 Å². The molecule has 0 aliphatic heterocycles. The van der Waals surface area contributed by atoms with E-state index in [0.29, 0.717) is 24.9 Å². The molecule has 5 heteroatoms. The minimum absolute atomic E-state index is 0.132. The van der Waals surface area contributed by atoms with E-state index in [-0.39, 0.29) is 11.5 Å². The lowest BCUT2D eigenvalue weighted by Gasteiger charge is -2.05. The number of aromatic hydroxyl groups is 2. The van der Waals surface area contributed by atoms with E-state index in [9.17, 15) is 15.0 Å². The van der Waals surface area contributed by atoms with Crippen molar-refractivity contribution in [3.05, 3.63) is 23.8 Å². The largest absolute Gasteiger partial charge is 0.504 e. The van der Waals surface area contributed by atoms with Crippen LogP contribution in [0.15, 0.2) is 18.2 Å². The van der Waals surface area contributed by atoms with Gasteiger partial charge >= 0.3 is 6.09 Å². The highest BCUT2D eigenvalue weighted by Gasteiger charge is 2.05. The van der Waals surface area contributed by atoms with Crippen molar-refractivity contribution in [3.8, 4) is 11.5 Å². The molecule has 0 aromatic heterocycles. The Labute approximate surface area is 87.0 Å². The van der Waals surface area contributed by atoms with Crippen LogP contribution < -0.4 is 5.32 Å². The van der Waals surface area contributed by atoms with E-state index in [2.05, 4.69) is 5.32 Å². The van der Waals surface area contributed by atoms with Crippen LogP contribution in [0.25, 0.3) is 0 Å². The SMILES string of the molecule is O=C(O)NCCCc1cccc(O)c1O. The fourth-order valence-electron chi connectivity index (χ4n) is 1.25. The topological polar surface area (TPSA) is 89.8 Å². The molecule has 1 amide bonds. The first-order valence-corrected chi connectivity index (χ1v) is 4.58. The van der Waals surface area contributed by atoms with Crippen molar-refractivity contribution in [1.82, 2.24) is 5.32 Å². The normalized spacial score (nSPS) is 9.87. The summed E-state index contributed by atoms with van der Waals surface area (Å²) in [5.74, 6) is -0.286. The fraction of sp³-hybridized carbons (Fsp3) is 0.300. The Morgan fingerprint density at radius 2 is 2.07 bits per heavy atom. The summed E-state index contributed by atoms with van der Waals surface area (Å²) in [5, 5.41) is 29.1. The van der Waals surface area contributed by atoms with Gasteiger partial charge in [-0.3, -0.25) is 0 Å². The van der Waals surface area contributed by atoms with Gasteiger partial charge in [-0.2, -0.15) is 0 Å². The van der Waals surface area contributed by atoms with Crippen molar-refractivity contribution in [1.29, 1.82) is 0 Å². The van der Waals surface area contributed by atoms with Gasteiger partial charge in [0.25, 0.3) is 0 Å². The highest BCUT2D eigenvalue weighted by Crippen LogP contribution is 2.28. The predicted octanol–water partition coefficient (Wildman–Crippen LogP) is 1.30. The van der Waals surface area contributed by atoms with E-state index in [4.69, 9.17) is 5.11 Å². The number of phenolic OH excluding ortho intramolecular Hbond substituents is 2. The lowest BCUT2D eigenvalue weighted by atomic mass is 10.1. The average molecular weight is 211 g/mol. The summed E-state index contributed by atoms with van der Waals surface area (Å²) in [6.45, 7) is 0.324. The molecule has 1 aromatic carbocycles. The van der Waals surface area contributed by atoms with E-state index in [1.54, 1.807) is 12.1 Å². The molecule has 0 atom stereocenters. The van der Waals surface area contributed by atoms with Crippen molar-refractivity contribution >= 4 is 6.09 Å². The second-order valence-corrected chi connectivity index (χ2v) is 3.12. The minimum Gasteiger partial charge on any atom is -0.504 e. The number of carboxylic acid groups (broad SMARTS) is 1. The smallest absolute Gasteiger partial charge is 0.404 e. The zero-order valence-corrected chi connectivity index (χ0v) is 8.10. The molecule has 5 nitrogen and oxygen atoms in total. The third kappa shape index (κ3) is 3.38. The fourth-order valence-corrected chi connectivity index (χ4v) is 1.25. The maximum Gasteiger partial charge on any atom is 0.404 e. The number of phenols is 2. The highest BCUT2D eigenvalue weighted by atomic mass is 16.4. The van der Waals surface area contributed by atoms with Crippen LogP contribution in [0.2, 0.25) is 0 Å². The van der Waals surface area contributed by atoms with Gasteiger partial charge in [0.05, 0.1) is 0 Å². The molecule has 0 heterocycles. The zero-order chi connectivity index (χ0) is 11.3. The van der Waals surface area contributed by atoms with E-state index in [1.165, 1.54) is 6.07 Å². The third-order valence-corrected chi connectivity index (χ3v) is 2.00. The summed E-state index contributed by atoms with van der Waals surface area (Å²) in [6.07, 6.45) is 0.0271. The van der Waals surface area contributed by atoms with E-state index < -0.39 is 6.09 Å². The van der Waals surface area contributed by atoms with Crippen molar-refractivity contribution in [2.75, 3.05) is 6.54 Å². The standard InChI is InChI=1S/C10H13NO4/c12-8-5-1-3-7(9(8)13)4-2-6-11-10(14)15/h1,3,5,11-13H,2,4,6H2,(H,14,15). The molecule has 4 N–H and O–H groups in total. The number of nitrogens with one attached hydrogen (secondary N) is 1. The average Bonchev–Trinajstić information content (AvgIpc) is 2.18. The molecule has 0 aliphatic carbocycles. The van der Waals surface area contributed by atoms with Crippen molar-refractivity contribution in [2.45, 2.75) is 12.8 Å². The zero-order valence-electron chi connectivity index (χ0n) is 8.10. The second-order valence-electron chi connectivity index (χ2n) is 3.12. The summed E-state index contributed by atoms with van der Waals surface area (Å²) in [6, 6.07) is 4.72. The predicted molar refractivity (Wildman–Crippen MR) is 54.1 cm³/mol. The Bertz CT molecular complexity index is 351. The molecular formula is C10H13NO4.